The van der Waals surface area contributed by atoms with Gasteiger partial charge in [0, 0.05) is 0 Å². The van der Waals surface area contributed by atoms with Gasteiger partial charge in [-0.25, -0.2) is 0 Å². The zero-order valence-corrected chi connectivity index (χ0v) is 22.9. The fraction of sp³-hybridized carbons (Fsp3) is 1.00. The van der Waals surface area contributed by atoms with Crippen molar-refractivity contribution in [3.8, 4) is 0 Å². The van der Waals surface area contributed by atoms with Crippen LogP contribution in [-0.4, -0.2) is 57.4 Å². The summed E-state index contributed by atoms with van der Waals surface area (Å²) in [5.41, 5.74) is 0. The fourth-order valence-electron chi connectivity index (χ4n) is 0.522. The molecule has 0 rings (SSSR count). The van der Waals surface area contributed by atoms with Crippen LogP contribution in [0.5, 0.6) is 0 Å². The van der Waals surface area contributed by atoms with Crippen LogP contribution in [0.1, 0.15) is 0 Å². The Labute approximate surface area is 196 Å². The van der Waals surface area contributed by atoms with Crippen molar-refractivity contribution in [1.82, 2.24) is 0 Å². The van der Waals surface area contributed by atoms with E-state index in [4.69, 9.17) is 104 Å². The molecule has 150 valence electrons. The molecule has 0 N–H and O–H groups in total. The number of halogens is 9. The molecule has 0 saturated heterocycles. The number of hydrogen-bond acceptors (Lipinski definition) is 9. The van der Waals surface area contributed by atoms with Gasteiger partial charge in [-0.1, -0.05) is 0 Å². The van der Waals surface area contributed by atoms with Crippen LogP contribution in [0.15, 0.2) is 0 Å². The van der Waals surface area contributed by atoms with E-state index in [2.05, 4.69) is 6.90 Å². The third kappa shape index (κ3) is 8.46. The van der Waals surface area contributed by atoms with E-state index in [9.17, 15) is 25.3 Å². The van der Waals surface area contributed by atoms with Gasteiger partial charge in [-0.15, -0.1) is 0 Å². The van der Waals surface area contributed by atoms with Crippen molar-refractivity contribution in [3.63, 3.8) is 0 Å². The second kappa shape index (κ2) is 9.15. The van der Waals surface area contributed by atoms with E-state index in [1.54, 1.807) is 0 Å². The van der Waals surface area contributed by atoms with Gasteiger partial charge in [-0.2, -0.15) is 0 Å². The molecule has 0 heterocycles. The summed E-state index contributed by atoms with van der Waals surface area (Å²) in [7, 11) is -15.8. The first kappa shape index (κ1) is 28.2. The third-order valence-electron chi connectivity index (χ3n) is 1.47. The molecule has 0 aromatic carbocycles. The quantitative estimate of drug-likeness (QED) is 0.382. The fourth-order valence-corrected chi connectivity index (χ4v) is 19.0. The standard InChI is InChI=1S/3CHCl3O3S.In/c3*2-1(3,4)8(5,6)7;/h3*(H,5,6,7);/q;;;+3/p-3. The number of alkyl halides is 9. The maximum atomic E-state index is 11.6. The molecule has 0 aliphatic carbocycles. The first-order valence-corrected chi connectivity index (χ1v) is 16.2. The van der Waals surface area contributed by atoms with Crippen LogP contribution in [-0.2, 0) is 37.3 Å². The van der Waals surface area contributed by atoms with Crippen molar-refractivity contribution < 1.29 is 32.2 Å². The predicted octanol–water partition coefficient (Wildman–Crippen LogP) is 2.99. The molecule has 0 saturated carbocycles. The molecular formula is C3Cl9InO9S3. The molecule has 0 atom stereocenters. The Morgan fingerprint density at radius 3 is 0.760 bits per heavy atom. The first-order valence-electron chi connectivity index (χ1n) is 4.52. The third-order valence-corrected chi connectivity index (χ3v) is 20.0. The van der Waals surface area contributed by atoms with Gasteiger partial charge in [0.25, 0.3) is 0 Å². The minimum atomic E-state index is -5.79. The number of hydrogen-bond donors (Lipinski definition) is 0. The molecule has 0 aliphatic rings. The van der Waals surface area contributed by atoms with Gasteiger partial charge in [0.1, 0.15) is 0 Å². The first-order chi connectivity index (χ1) is 10.5. The molecule has 0 amide bonds. The average molecular weight is 710 g/mol. The monoisotopic (exact) mass is 705 g/mol. The summed E-state index contributed by atoms with van der Waals surface area (Å²) in [6, 6.07) is 0. The van der Waals surface area contributed by atoms with Gasteiger partial charge < -0.3 is 0 Å². The Hall–Kier alpha value is 3.21. The average Bonchev–Trinajstić information content (AvgIpc) is 2.21. The van der Waals surface area contributed by atoms with E-state index in [1.807, 2.05) is 0 Å². The van der Waals surface area contributed by atoms with Crippen LogP contribution in [0.4, 0.5) is 0 Å². The van der Waals surface area contributed by atoms with Crippen molar-refractivity contribution in [2.75, 3.05) is 0 Å². The zero-order chi connectivity index (χ0) is 20.7. The molecule has 0 unspecified atom stereocenters. The Morgan fingerprint density at radius 1 is 0.480 bits per heavy atom. The van der Waals surface area contributed by atoms with E-state index in [0.29, 0.717) is 0 Å². The maximum absolute atomic E-state index is 11.6. The van der Waals surface area contributed by atoms with Crippen LogP contribution in [0.25, 0.3) is 0 Å². The van der Waals surface area contributed by atoms with E-state index < -0.39 is 62.5 Å². The summed E-state index contributed by atoms with van der Waals surface area (Å²) >= 11 is 39.9. The van der Waals surface area contributed by atoms with E-state index in [0.717, 1.165) is 0 Å². The van der Waals surface area contributed by atoms with Gasteiger partial charge in [-0.3, -0.25) is 0 Å². The molecule has 9 nitrogen and oxygen atoms in total. The van der Waals surface area contributed by atoms with Crippen molar-refractivity contribution >= 4 is 158 Å². The molecule has 0 bridgehead atoms. The summed E-state index contributed by atoms with van der Waals surface area (Å²) in [5, 5.41) is 0. The summed E-state index contributed by atoms with van der Waals surface area (Å²) < 4.78 is 72.4. The van der Waals surface area contributed by atoms with Crippen LogP contribution in [0.2, 0.25) is 0 Å². The molecule has 0 aromatic heterocycles. The molecular weight excluding hydrogens is 710 g/mol. The Kier molecular flexibility index (Phi) is 10.3. The SMILES string of the molecule is O=S(=O)([O][In]([O]S(=O)(=O)C(Cl)(Cl)Cl)[O]S(=O)(=O)C(Cl)(Cl)Cl)C(Cl)(Cl)Cl. The summed E-state index contributed by atoms with van der Waals surface area (Å²) in [6.07, 6.45) is 0. The topological polar surface area (TPSA) is 130 Å². The Morgan fingerprint density at radius 2 is 0.640 bits per heavy atom. The van der Waals surface area contributed by atoms with Gasteiger partial charge in [0.05, 0.1) is 0 Å². The van der Waals surface area contributed by atoms with Crippen LogP contribution in [0, 0.1) is 0 Å². The predicted molar refractivity (Wildman–Crippen MR) is 96.6 cm³/mol. The van der Waals surface area contributed by atoms with Crippen LogP contribution < -0.4 is 0 Å². The van der Waals surface area contributed by atoms with E-state index in [1.165, 1.54) is 0 Å². The Bertz CT molecular complexity index is 677. The molecule has 0 fully saturated rings. The van der Waals surface area contributed by atoms with E-state index in [-0.39, 0.29) is 0 Å². The molecule has 0 aromatic rings. The molecule has 22 heteroatoms. The summed E-state index contributed by atoms with van der Waals surface area (Å²) in [6.45, 7) is 0. The zero-order valence-electron chi connectivity index (χ0n) is 10.4. The molecule has 0 radical (unpaired) electrons. The van der Waals surface area contributed by atoms with Crippen molar-refractivity contribution in [1.29, 1.82) is 0 Å². The summed E-state index contributed by atoms with van der Waals surface area (Å²) in [4.78, 5) is 0. The molecule has 0 aliphatic heterocycles. The Balaban J connectivity index is 5.96. The van der Waals surface area contributed by atoms with Crippen LogP contribution in [0.3, 0.4) is 0 Å². The second-order valence-electron chi connectivity index (χ2n) is 3.28. The van der Waals surface area contributed by atoms with Gasteiger partial charge in [-0.05, 0) is 0 Å². The van der Waals surface area contributed by atoms with Gasteiger partial charge in [0.15, 0.2) is 0 Å². The van der Waals surface area contributed by atoms with Crippen LogP contribution >= 0.6 is 104 Å². The van der Waals surface area contributed by atoms with Crippen molar-refractivity contribution in [2.24, 2.45) is 0 Å². The number of rotatable bonds is 6. The molecule has 25 heavy (non-hydrogen) atoms. The van der Waals surface area contributed by atoms with Crippen molar-refractivity contribution in [2.45, 2.75) is 9.37 Å². The second-order valence-corrected chi connectivity index (χ2v) is 23.9. The van der Waals surface area contributed by atoms with Crippen molar-refractivity contribution in [3.05, 3.63) is 0 Å². The normalized spacial score (nSPS) is 15.2. The van der Waals surface area contributed by atoms with Gasteiger partial charge in [0.2, 0.25) is 0 Å². The molecule has 0 spiro atoms. The van der Waals surface area contributed by atoms with E-state index >= 15 is 0 Å². The minimum absolute atomic E-state index is 3.19. The summed E-state index contributed by atoms with van der Waals surface area (Å²) in [5.74, 6) is 0. The van der Waals surface area contributed by atoms with Gasteiger partial charge >= 0.3 is 199 Å².